The quantitative estimate of drug-likeness (QED) is 0.165. The maximum absolute atomic E-state index is 11.5. The highest BCUT2D eigenvalue weighted by Crippen LogP contribution is 2.28. The molecule has 0 aromatic heterocycles. The number of carbonyl (C=O) groups excluding carboxylic acids is 1. The lowest BCUT2D eigenvalue weighted by atomic mass is 10.1. The van der Waals surface area contributed by atoms with E-state index < -0.39 is 0 Å². The number of hydrogen-bond acceptors (Lipinski definition) is 5. The Hall–Kier alpha value is -2.79. The number of hydrogen-bond donors (Lipinski definition) is 2. The number of aromatic hydroxyl groups is 1. The second-order valence-corrected chi connectivity index (χ2v) is 6.80. The zero-order valence-electron chi connectivity index (χ0n) is 16.5. The molecule has 0 atom stereocenters. The van der Waals surface area contributed by atoms with Crippen LogP contribution in [0, 0.1) is 5.41 Å². The first-order valence-corrected chi connectivity index (χ1v) is 9.87. The Bertz CT molecular complexity index is 817. The number of rotatable bonds is 10. The summed E-state index contributed by atoms with van der Waals surface area (Å²) < 4.78 is 5.22. The normalized spacial score (nSPS) is 13.0. The van der Waals surface area contributed by atoms with Gasteiger partial charge in [-0.05, 0) is 36.0 Å². The lowest BCUT2D eigenvalue weighted by Gasteiger charge is -2.08. The molecule has 2 N–H and O–H groups in total. The molecule has 1 aromatic rings. The fraction of sp³-hybridized carbons (Fsp3) is 0.217. The minimum absolute atomic E-state index is 0.0772. The summed E-state index contributed by atoms with van der Waals surface area (Å²) in [7, 11) is 1.49. The zero-order chi connectivity index (χ0) is 20.8. The van der Waals surface area contributed by atoms with E-state index in [1.165, 1.54) is 31.0 Å². The molecule has 148 valence electrons. The molecule has 0 bridgehead atoms. The number of allylic oxidation sites excluding steroid dienone is 8. The van der Waals surface area contributed by atoms with Gasteiger partial charge in [0, 0.05) is 17.2 Å². The maximum Gasteiger partial charge on any atom is 0.152 e. The first kappa shape index (κ1) is 23.2. The Balaban J connectivity index is 2.90. The highest BCUT2D eigenvalue weighted by Gasteiger charge is 2.10. The molecule has 0 heterocycles. The van der Waals surface area contributed by atoms with Crippen LogP contribution in [0.25, 0.3) is 6.08 Å². The molecule has 4 nitrogen and oxygen atoms in total. The molecule has 0 saturated carbocycles. The van der Waals surface area contributed by atoms with Gasteiger partial charge in [-0.2, -0.15) is 0 Å². The van der Waals surface area contributed by atoms with Gasteiger partial charge in [0.15, 0.2) is 6.29 Å². The smallest absolute Gasteiger partial charge is 0.152 e. The summed E-state index contributed by atoms with van der Waals surface area (Å²) in [5.41, 5.74) is 0.877. The predicted molar refractivity (Wildman–Crippen MR) is 120 cm³/mol. The SMILES string of the molecule is CC\C=C/C=C\C=C\C=C(/CC)SC(=N)/C(C=O)=C/c1ccc(O)cc1OC. The molecular formula is C23H27NO3S. The van der Waals surface area contributed by atoms with Gasteiger partial charge in [-0.25, -0.2) is 0 Å². The number of thioether (sulfide) groups is 1. The van der Waals surface area contributed by atoms with Crippen molar-refractivity contribution in [2.45, 2.75) is 26.7 Å². The summed E-state index contributed by atoms with van der Waals surface area (Å²) in [6, 6.07) is 4.63. The largest absolute Gasteiger partial charge is 0.508 e. The van der Waals surface area contributed by atoms with Crippen molar-refractivity contribution < 1.29 is 14.6 Å². The van der Waals surface area contributed by atoms with Crippen LogP contribution in [0.3, 0.4) is 0 Å². The Kier molecular flexibility index (Phi) is 11.1. The number of nitrogens with one attached hydrogen (secondary N) is 1. The van der Waals surface area contributed by atoms with Gasteiger partial charge in [-0.15, -0.1) is 0 Å². The summed E-state index contributed by atoms with van der Waals surface area (Å²) in [5.74, 6) is 0.517. The van der Waals surface area contributed by atoms with Crippen LogP contribution in [0.5, 0.6) is 11.5 Å². The predicted octanol–water partition coefficient (Wildman–Crippen LogP) is 6.07. The lowest BCUT2D eigenvalue weighted by molar-refractivity contribution is -0.104. The third-order valence-electron chi connectivity index (χ3n) is 3.60. The van der Waals surface area contributed by atoms with Crippen molar-refractivity contribution in [1.82, 2.24) is 0 Å². The van der Waals surface area contributed by atoms with E-state index in [1.54, 1.807) is 12.1 Å². The Morgan fingerprint density at radius 1 is 1.18 bits per heavy atom. The summed E-state index contributed by atoms with van der Waals surface area (Å²) in [6.45, 7) is 4.09. The van der Waals surface area contributed by atoms with Crippen molar-refractivity contribution in [3.63, 3.8) is 0 Å². The molecule has 0 fully saturated rings. The van der Waals surface area contributed by atoms with Crippen molar-refractivity contribution in [2.75, 3.05) is 7.11 Å². The number of phenols is 1. The fourth-order valence-electron chi connectivity index (χ4n) is 2.12. The van der Waals surface area contributed by atoms with Crippen molar-refractivity contribution in [3.8, 4) is 11.5 Å². The molecule has 0 unspecified atom stereocenters. The van der Waals surface area contributed by atoms with Gasteiger partial charge in [0.25, 0.3) is 0 Å². The lowest BCUT2D eigenvalue weighted by Crippen LogP contribution is -1.99. The summed E-state index contributed by atoms with van der Waals surface area (Å²) in [6.07, 6.45) is 17.8. The molecule has 0 radical (unpaired) electrons. The summed E-state index contributed by atoms with van der Waals surface area (Å²) in [5, 5.41) is 18.0. The molecule has 0 aliphatic carbocycles. The molecular weight excluding hydrogens is 370 g/mol. The third kappa shape index (κ3) is 8.27. The van der Waals surface area contributed by atoms with Crippen LogP contribution >= 0.6 is 11.8 Å². The average Bonchev–Trinajstić information content (AvgIpc) is 2.70. The Morgan fingerprint density at radius 2 is 1.89 bits per heavy atom. The number of methoxy groups -OCH3 is 1. The van der Waals surface area contributed by atoms with Crippen LogP contribution < -0.4 is 4.74 Å². The topological polar surface area (TPSA) is 70.4 Å². The first-order valence-electron chi connectivity index (χ1n) is 9.05. The monoisotopic (exact) mass is 397 g/mol. The van der Waals surface area contributed by atoms with Gasteiger partial charge in [0.05, 0.1) is 7.11 Å². The Labute approximate surface area is 171 Å². The maximum atomic E-state index is 11.5. The average molecular weight is 398 g/mol. The van der Waals surface area contributed by atoms with Crippen molar-refractivity contribution in [1.29, 1.82) is 5.41 Å². The second-order valence-electron chi connectivity index (χ2n) is 5.67. The number of carbonyl (C=O) groups is 1. The van der Waals surface area contributed by atoms with E-state index in [2.05, 4.69) is 13.0 Å². The van der Waals surface area contributed by atoms with Crippen LogP contribution in [0.15, 0.2) is 71.2 Å². The van der Waals surface area contributed by atoms with E-state index in [-0.39, 0.29) is 16.4 Å². The molecule has 0 aliphatic rings. The standard InChI is InChI=1S/C23H27NO3S/c1-4-6-7-8-9-10-11-12-21(5-2)28-23(24)19(17-25)15-18-13-14-20(26)16-22(18)27-3/h6-17,24,26H,4-5H2,1-3H3/b7-6-,9-8-,11-10+,19-15+,21-12+,24-23?. The minimum Gasteiger partial charge on any atom is -0.508 e. The van der Waals surface area contributed by atoms with Crippen LogP contribution in [0.1, 0.15) is 32.3 Å². The molecule has 0 amide bonds. The second kappa shape index (κ2) is 13.4. The molecule has 0 spiro atoms. The van der Waals surface area contributed by atoms with Crippen molar-refractivity contribution in [3.05, 3.63) is 76.8 Å². The third-order valence-corrected chi connectivity index (χ3v) is 4.72. The molecule has 0 saturated heterocycles. The van der Waals surface area contributed by atoms with Gasteiger partial charge in [-0.1, -0.05) is 68.1 Å². The number of aldehydes is 1. The number of phenolic OH excluding ortho intramolecular Hbond substituents is 1. The molecule has 5 heteroatoms. The van der Waals surface area contributed by atoms with Crippen LogP contribution in [0.2, 0.25) is 0 Å². The number of ether oxygens (including phenoxy) is 1. The van der Waals surface area contributed by atoms with E-state index in [1.807, 2.05) is 43.4 Å². The van der Waals surface area contributed by atoms with E-state index >= 15 is 0 Å². The van der Waals surface area contributed by atoms with Crippen LogP contribution in [0.4, 0.5) is 0 Å². The molecule has 1 rings (SSSR count). The van der Waals surface area contributed by atoms with Gasteiger partial charge < -0.3 is 9.84 Å². The fourth-order valence-corrected chi connectivity index (χ4v) is 2.90. The van der Waals surface area contributed by atoms with Crippen LogP contribution in [-0.4, -0.2) is 23.5 Å². The molecule has 1 aromatic carbocycles. The Morgan fingerprint density at radius 3 is 2.54 bits per heavy atom. The highest BCUT2D eigenvalue weighted by atomic mass is 32.2. The van der Waals surface area contributed by atoms with E-state index in [4.69, 9.17) is 10.1 Å². The van der Waals surface area contributed by atoms with Crippen molar-refractivity contribution in [2.24, 2.45) is 0 Å². The van der Waals surface area contributed by atoms with E-state index in [9.17, 15) is 9.90 Å². The van der Waals surface area contributed by atoms with E-state index in [0.717, 1.165) is 17.7 Å². The number of benzene rings is 1. The van der Waals surface area contributed by atoms with Gasteiger partial charge in [-0.3, -0.25) is 10.2 Å². The zero-order valence-corrected chi connectivity index (χ0v) is 17.3. The molecule has 28 heavy (non-hydrogen) atoms. The molecule has 0 aliphatic heterocycles. The van der Waals surface area contributed by atoms with Gasteiger partial charge in [0.2, 0.25) is 0 Å². The highest BCUT2D eigenvalue weighted by molar-refractivity contribution is 8.17. The van der Waals surface area contributed by atoms with Crippen LogP contribution in [-0.2, 0) is 4.79 Å². The van der Waals surface area contributed by atoms with Gasteiger partial charge >= 0.3 is 0 Å². The van der Waals surface area contributed by atoms with E-state index in [0.29, 0.717) is 17.6 Å². The summed E-state index contributed by atoms with van der Waals surface area (Å²) in [4.78, 5) is 12.5. The summed E-state index contributed by atoms with van der Waals surface area (Å²) >= 11 is 1.25. The first-order chi connectivity index (χ1) is 13.5. The minimum atomic E-state index is 0.0772. The van der Waals surface area contributed by atoms with Gasteiger partial charge in [0.1, 0.15) is 16.5 Å². The van der Waals surface area contributed by atoms with Crippen molar-refractivity contribution >= 4 is 29.2 Å².